The zero-order valence-electron chi connectivity index (χ0n) is 5.76. The Morgan fingerprint density at radius 1 is 1.56 bits per heavy atom. The van der Waals surface area contributed by atoms with E-state index in [2.05, 4.69) is 31.8 Å². The summed E-state index contributed by atoms with van der Waals surface area (Å²) in [7, 11) is 5.51. The van der Waals surface area contributed by atoms with Crippen LogP contribution in [0, 0.1) is 5.92 Å². The Hall–Kier alpha value is 0.505. The monoisotopic (exact) mass is 158 g/mol. The van der Waals surface area contributed by atoms with Gasteiger partial charge in [0.15, 0.2) is 0 Å². The summed E-state index contributed by atoms with van der Waals surface area (Å²) in [6, 6.07) is 0. The molecular weight excluding hydrogens is 147 g/mol. The fourth-order valence-electron chi connectivity index (χ4n) is 0.425. The summed E-state index contributed by atoms with van der Waals surface area (Å²) < 4.78 is -0.825. The van der Waals surface area contributed by atoms with Gasteiger partial charge in [0.25, 0.3) is 0 Å². The Balaban J connectivity index is 4.06. The van der Waals surface area contributed by atoms with Crippen LogP contribution in [0.1, 0.15) is 13.8 Å². The summed E-state index contributed by atoms with van der Waals surface area (Å²) in [4.78, 5) is 0. The predicted octanol–water partition coefficient (Wildman–Crippen LogP) is 1.88. The van der Waals surface area contributed by atoms with E-state index in [0.29, 0.717) is 5.92 Å². The maximum absolute atomic E-state index is 5.51. The van der Waals surface area contributed by atoms with Crippen molar-refractivity contribution in [3.63, 3.8) is 0 Å². The number of hydrogen-bond acceptors (Lipinski definition) is 2. The van der Waals surface area contributed by atoms with Crippen molar-refractivity contribution in [3.05, 3.63) is 12.2 Å². The zero-order valence-corrected chi connectivity index (χ0v) is 7.55. The van der Waals surface area contributed by atoms with E-state index in [1.54, 1.807) is 0 Å². The van der Waals surface area contributed by atoms with E-state index in [0.717, 1.165) is 5.57 Å². The third kappa shape index (κ3) is 3.26. The van der Waals surface area contributed by atoms with Gasteiger partial charge in [0, 0.05) is 3.98 Å². The summed E-state index contributed by atoms with van der Waals surface area (Å²) in [5.41, 5.74) is 0.842. The maximum atomic E-state index is 5.51. The first-order valence-corrected chi connectivity index (χ1v) is 3.68. The lowest BCUT2D eigenvalue weighted by atomic mass is 9.89. The fourth-order valence-corrected chi connectivity index (χ4v) is 0.941. The molecule has 9 heavy (non-hydrogen) atoms. The second-order valence-electron chi connectivity index (χ2n) is 2.41. The summed E-state index contributed by atoms with van der Waals surface area (Å²) >= 11 is 8.06. The SMILES string of the molecule is [B]C(S)(S)C(=C)C(C)C. The Kier molecular flexibility index (Phi) is 3.24. The molecule has 0 N–H and O–H groups in total. The Bertz CT molecular complexity index is 113. The molecule has 2 radical (unpaired) electrons. The quantitative estimate of drug-likeness (QED) is 0.260. The summed E-state index contributed by atoms with van der Waals surface area (Å²) in [6.07, 6.45) is 0. The Labute approximate surface area is 69.3 Å². The molecule has 0 spiro atoms. The molecule has 0 aliphatic carbocycles. The molecule has 0 rings (SSSR count). The lowest BCUT2D eigenvalue weighted by Crippen LogP contribution is -2.19. The lowest BCUT2D eigenvalue weighted by Gasteiger charge is -2.23. The van der Waals surface area contributed by atoms with Gasteiger partial charge in [-0.15, -0.1) is 0 Å². The average molecular weight is 158 g/mol. The van der Waals surface area contributed by atoms with Crippen LogP contribution in [0.25, 0.3) is 0 Å². The molecule has 0 saturated carbocycles. The van der Waals surface area contributed by atoms with Gasteiger partial charge in [-0.2, -0.15) is 25.3 Å². The molecule has 0 fully saturated rings. The molecule has 0 unspecified atom stereocenters. The second kappa shape index (κ2) is 3.06. The van der Waals surface area contributed by atoms with Gasteiger partial charge in [-0.1, -0.05) is 26.0 Å². The number of hydrogen-bond donors (Lipinski definition) is 2. The molecule has 0 aliphatic rings. The van der Waals surface area contributed by atoms with Crippen LogP contribution in [0.15, 0.2) is 12.2 Å². The highest BCUT2D eigenvalue weighted by Gasteiger charge is 2.18. The van der Waals surface area contributed by atoms with Crippen LogP contribution in [0.5, 0.6) is 0 Å². The van der Waals surface area contributed by atoms with Crippen LogP contribution in [0.4, 0.5) is 0 Å². The van der Waals surface area contributed by atoms with E-state index in [4.69, 9.17) is 7.85 Å². The number of thiol groups is 2. The molecular formula is C6H11BS2. The third-order valence-corrected chi connectivity index (χ3v) is 1.74. The first-order chi connectivity index (χ1) is 3.85. The average Bonchev–Trinajstić information content (AvgIpc) is 1.62. The third-order valence-electron chi connectivity index (χ3n) is 1.17. The molecule has 0 aromatic carbocycles. The fraction of sp³-hybridized carbons (Fsp3) is 0.667. The van der Waals surface area contributed by atoms with Crippen molar-refractivity contribution in [3.8, 4) is 0 Å². The van der Waals surface area contributed by atoms with Gasteiger partial charge >= 0.3 is 0 Å². The van der Waals surface area contributed by atoms with Gasteiger partial charge < -0.3 is 0 Å². The van der Waals surface area contributed by atoms with Crippen molar-refractivity contribution in [2.24, 2.45) is 5.92 Å². The molecule has 0 aromatic rings. The second-order valence-corrected chi connectivity index (χ2v) is 4.17. The van der Waals surface area contributed by atoms with Gasteiger partial charge in [0.1, 0.15) is 7.85 Å². The minimum atomic E-state index is -0.825. The van der Waals surface area contributed by atoms with Crippen molar-refractivity contribution in [1.29, 1.82) is 0 Å². The normalized spacial score (nSPS) is 12.1. The molecule has 0 saturated heterocycles. The Morgan fingerprint density at radius 2 is 1.89 bits per heavy atom. The highest BCUT2D eigenvalue weighted by Crippen LogP contribution is 2.28. The van der Waals surface area contributed by atoms with Crippen molar-refractivity contribution in [2.75, 3.05) is 0 Å². The van der Waals surface area contributed by atoms with E-state index in [1.165, 1.54) is 0 Å². The molecule has 0 aliphatic heterocycles. The maximum Gasteiger partial charge on any atom is 0.110 e. The van der Waals surface area contributed by atoms with Gasteiger partial charge in [-0.25, -0.2) is 0 Å². The van der Waals surface area contributed by atoms with Crippen LogP contribution in [0.3, 0.4) is 0 Å². The largest absolute Gasteiger partial charge is 0.168 e. The topological polar surface area (TPSA) is 0 Å². The molecule has 0 heterocycles. The predicted molar refractivity (Wildman–Crippen MR) is 50.4 cm³/mol. The highest BCUT2D eigenvalue weighted by molar-refractivity contribution is 8.03. The van der Waals surface area contributed by atoms with E-state index >= 15 is 0 Å². The van der Waals surface area contributed by atoms with Crippen molar-refractivity contribution < 1.29 is 0 Å². The molecule has 0 nitrogen and oxygen atoms in total. The summed E-state index contributed by atoms with van der Waals surface area (Å²) in [6.45, 7) is 7.77. The Morgan fingerprint density at radius 3 is 1.89 bits per heavy atom. The molecule has 3 heteroatoms. The minimum Gasteiger partial charge on any atom is -0.168 e. The van der Waals surface area contributed by atoms with Crippen molar-refractivity contribution in [1.82, 2.24) is 0 Å². The molecule has 50 valence electrons. The molecule has 0 atom stereocenters. The molecule has 0 amide bonds. The van der Waals surface area contributed by atoms with Crippen LogP contribution >= 0.6 is 25.3 Å². The molecule has 0 bridgehead atoms. The minimum absolute atomic E-state index is 0.338. The highest BCUT2D eigenvalue weighted by atomic mass is 32.2. The lowest BCUT2D eigenvalue weighted by molar-refractivity contribution is 0.760. The van der Waals surface area contributed by atoms with Crippen LogP contribution in [0.2, 0.25) is 0 Å². The van der Waals surface area contributed by atoms with Crippen molar-refractivity contribution in [2.45, 2.75) is 17.8 Å². The first kappa shape index (κ1) is 9.50. The smallest absolute Gasteiger partial charge is 0.110 e. The van der Waals surface area contributed by atoms with Gasteiger partial charge in [-0.05, 0) is 5.92 Å². The summed E-state index contributed by atoms with van der Waals surface area (Å²) in [5.74, 6) is 0.338. The van der Waals surface area contributed by atoms with Crippen molar-refractivity contribution >= 4 is 33.1 Å². The van der Waals surface area contributed by atoms with Crippen LogP contribution < -0.4 is 0 Å². The van der Waals surface area contributed by atoms with Gasteiger partial charge in [0.2, 0.25) is 0 Å². The van der Waals surface area contributed by atoms with E-state index in [1.807, 2.05) is 13.8 Å². The van der Waals surface area contributed by atoms with Gasteiger partial charge in [0.05, 0.1) is 0 Å². The van der Waals surface area contributed by atoms with Crippen LogP contribution in [-0.4, -0.2) is 11.8 Å². The van der Waals surface area contributed by atoms with Crippen LogP contribution in [-0.2, 0) is 0 Å². The zero-order chi connectivity index (χ0) is 7.65. The van der Waals surface area contributed by atoms with Gasteiger partial charge in [-0.3, -0.25) is 0 Å². The first-order valence-electron chi connectivity index (χ1n) is 2.78. The van der Waals surface area contributed by atoms with E-state index in [9.17, 15) is 0 Å². The standard InChI is InChI=1S/C6H11BS2/c1-4(2)5(3)6(7,8)9/h4,8-9H,3H2,1-2H3. The number of rotatable bonds is 2. The van der Waals surface area contributed by atoms with E-state index < -0.39 is 3.98 Å². The summed E-state index contributed by atoms with van der Waals surface area (Å²) in [5, 5.41) is 0. The molecule has 0 aromatic heterocycles. The van der Waals surface area contributed by atoms with E-state index in [-0.39, 0.29) is 0 Å².